The predicted molar refractivity (Wildman–Crippen MR) is 168 cm³/mol. The summed E-state index contributed by atoms with van der Waals surface area (Å²) in [6.45, 7) is 10.8. The van der Waals surface area contributed by atoms with Gasteiger partial charge in [0.2, 0.25) is 10.0 Å². The second-order valence-electron chi connectivity index (χ2n) is 11.8. The lowest BCUT2D eigenvalue weighted by Gasteiger charge is -2.27. The van der Waals surface area contributed by atoms with E-state index in [1.165, 1.54) is 16.0 Å². The zero-order valence-electron chi connectivity index (χ0n) is 25.0. The highest BCUT2D eigenvalue weighted by Gasteiger charge is 2.30. The van der Waals surface area contributed by atoms with Crippen molar-refractivity contribution >= 4 is 46.4 Å². The van der Waals surface area contributed by atoms with Crippen LogP contribution in [0.5, 0.6) is 0 Å². The third-order valence-corrected chi connectivity index (χ3v) is 10.9. The third-order valence-electron chi connectivity index (χ3n) is 7.33. The van der Waals surface area contributed by atoms with Crippen molar-refractivity contribution in [1.29, 1.82) is 0 Å². The van der Waals surface area contributed by atoms with Crippen LogP contribution in [-0.4, -0.2) is 94.3 Å². The van der Waals surface area contributed by atoms with E-state index in [-0.39, 0.29) is 29.4 Å². The van der Waals surface area contributed by atoms with Crippen molar-refractivity contribution in [3.05, 3.63) is 47.3 Å². The number of amides is 1. The van der Waals surface area contributed by atoms with Crippen molar-refractivity contribution in [2.45, 2.75) is 45.3 Å². The van der Waals surface area contributed by atoms with Crippen molar-refractivity contribution < 1.29 is 22.7 Å². The second-order valence-corrected chi connectivity index (χ2v) is 19.6. The standard InChI is InChI=1S/C28H43N7O5SSi/c1-33(41(37,38)17-8-11-34-12-14-39-15-13-34)25-22(19-21-9-6-5-7-10-21)31-27(29)23-24(28(30)36)32-35(26(23)25)20-40-16-18-42(2,3)4/h5-7,9-10H,8,11-20H2,1-4H3,(H2,29,31)(H2,30,36). The highest BCUT2D eigenvalue weighted by molar-refractivity contribution is 7.92. The van der Waals surface area contributed by atoms with Gasteiger partial charge in [0.25, 0.3) is 5.91 Å². The lowest BCUT2D eigenvalue weighted by atomic mass is 10.1. The highest BCUT2D eigenvalue weighted by atomic mass is 32.2. The van der Waals surface area contributed by atoms with Crippen LogP contribution < -0.4 is 15.8 Å². The fraction of sp³-hybridized carbons (Fsp3) is 0.536. The van der Waals surface area contributed by atoms with Gasteiger partial charge in [-0.2, -0.15) is 5.10 Å². The highest BCUT2D eigenvalue weighted by Crippen LogP contribution is 2.37. The molecule has 0 bridgehead atoms. The molecule has 1 amide bonds. The molecule has 4 N–H and O–H groups in total. The number of primary amides is 1. The molecule has 0 spiro atoms. The minimum atomic E-state index is -3.80. The maximum Gasteiger partial charge on any atom is 0.269 e. The lowest BCUT2D eigenvalue weighted by Crippen LogP contribution is -2.38. The zero-order valence-corrected chi connectivity index (χ0v) is 26.8. The Labute approximate surface area is 249 Å². The van der Waals surface area contributed by atoms with Gasteiger partial charge in [-0.25, -0.2) is 18.1 Å². The van der Waals surface area contributed by atoms with E-state index in [1.807, 2.05) is 30.3 Å². The van der Waals surface area contributed by atoms with Gasteiger partial charge >= 0.3 is 0 Å². The maximum absolute atomic E-state index is 13.8. The molecule has 2 aromatic heterocycles. The Balaban J connectivity index is 1.77. The molecule has 14 heteroatoms. The van der Waals surface area contributed by atoms with Gasteiger partial charge in [-0.1, -0.05) is 50.0 Å². The summed E-state index contributed by atoms with van der Waals surface area (Å²) < 4.78 is 41.7. The Kier molecular flexibility index (Phi) is 10.3. The number of hydrogen-bond acceptors (Lipinski definition) is 9. The third kappa shape index (κ3) is 7.86. The first-order chi connectivity index (χ1) is 19.9. The average Bonchev–Trinajstić information content (AvgIpc) is 3.32. The quantitative estimate of drug-likeness (QED) is 0.205. The number of carbonyl (C=O) groups is 1. The average molecular weight is 618 g/mol. The number of ether oxygens (including phenoxy) is 2. The van der Waals surface area contributed by atoms with Gasteiger partial charge in [-0.15, -0.1) is 0 Å². The van der Waals surface area contributed by atoms with Crippen LogP contribution in [0.1, 0.15) is 28.2 Å². The fourth-order valence-electron chi connectivity index (χ4n) is 4.95. The first-order valence-corrected chi connectivity index (χ1v) is 19.6. The molecule has 1 aliphatic heterocycles. The molecule has 42 heavy (non-hydrogen) atoms. The summed E-state index contributed by atoms with van der Waals surface area (Å²) in [7, 11) is -3.65. The first-order valence-electron chi connectivity index (χ1n) is 14.2. The van der Waals surface area contributed by atoms with Crippen LogP contribution in [-0.2, 0) is 32.6 Å². The summed E-state index contributed by atoms with van der Waals surface area (Å²) in [5.74, 6) is -0.798. The molecule has 0 radical (unpaired) electrons. The van der Waals surface area contributed by atoms with Gasteiger partial charge < -0.3 is 20.9 Å². The van der Waals surface area contributed by atoms with Crippen molar-refractivity contribution in [3.63, 3.8) is 0 Å². The van der Waals surface area contributed by atoms with E-state index in [2.05, 4.69) is 34.6 Å². The van der Waals surface area contributed by atoms with Gasteiger partial charge in [0, 0.05) is 41.2 Å². The molecule has 0 unspecified atom stereocenters. The molecule has 230 valence electrons. The molecule has 1 fully saturated rings. The normalized spacial score (nSPS) is 14.9. The van der Waals surface area contributed by atoms with Crippen LogP contribution in [0.2, 0.25) is 25.7 Å². The van der Waals surface area contributed by atoms with Crippen LogP contribution in [0.3, 0.4) is 0 Å². The van der Waals surface area contributed by atoms with E-state index in [1.54, 1.807) is 0 Å². The van der Waals surface area contributed by atoms with Gasteiger partial charge in [-0.3, -0.25) is 14.0 Å². The number of sulfonamides is 1. The molecule has 0 saturated carbocycles. The van der Waals surface area contributed by atoms with Gasteiger partial charge in [0.1, 0.15) is 18.1 Å². The number of nitrogens with two attached hydrogens (primary N) is 2. The van der Waals surface area contributed by atoms with E-state index in [0.717, 1.165) is 24.7 Å². The Morgan fingerprint density at radius 3 is 2.50 bits per heavy atom. The molecule has 1 aromatic carbocycles. The van der Waals surface area contributed by atoms with Crippen LogP contribution in [0, 0.1) is 0 Å². The smallest absolute Gasteiger partial charge is 0.269 e. The van der Waals surface area contributed by atoms with E-state index >= 15 is 0 Å². The molecule has 3 heterocycles. The van der Waals surface area contributed by atoms with Gasteiger partial charge in [0.05, 0.1) is 35.7 Å². The Hall–Kier alpha value is -3.04. The maximum atomic E-state index is 13.8. The number of rotatable bonds is 14. The van der Waals surface area contributed by atoms with Crippen molar-refractivity contribution in [1.82, 2.24) is 19.7 Å². The molecular weight excluding hydrogens is 575 g/mol. The largest absolute Gasteiger partial charge is 0.383 e. The summed E-state index contributed by atoms with van der Waals surface area (Å²) in [5.41, 5.74) is 14.1. The lowest BCUT2D eigenvalue weighted by molar-refractivity contribution is 0.0381. The fourth-order valence-corrected chi connectivity index (χ4v) is 6.94. The number of anilines is 2. The summed E-state index contributed by atoms with van der Waals surface area (Å²) in [4.78, 5) is 19.3. The molecule has 1 saturated heterocycles. The van der Waals surface area contributed by atoms with Crippen molar-refractivity contribution in [2.75, 3.05) is 62.3 Å². The number of carbonyl (C=O) groups excluding carboxylic acids is 1. The summed E-state index contributed by atoms with van der Waals surface area (Å²) in [6, 6.07) is 10.5. The van der Waals surface area contributed by atoms with E-state index in [0.29, 0.717) is 56.1 Å². The number of aromatic nitrogens is 3. The molecule has 0 aliphatic carbocycles. The zero-order chi connectivity index (χ0) is 30.5. The van der Waals surface area contributed by atoms with Crippen LogP contribution in [0.15, 0.2) is 30.3 Å². The molecular formula is C28H43N7O5SSi. The SMILES string of the molecule is CN(c1c(Cc2ccccc2)nc(N)c2c(C(N)=O)nn(COCC[Si](C)(C)C)c12)S(=O)(=O)CCCN1CCOCC1. The number of pyridine rings is 1. The van der Waals surface area contributed by atoms with Crippen LogP contribution in [0.4, 0.5) is 11.5 Å². The predicted octanol–water partition coefficient (Wildman–Crippen LogP) is 2.50. The molecule has 3 aromatic rings. The topological polar surface area (TPSA) is 159 Å². The minimum Gasteiger partial charge on any atom is -0.383 e. The summed E-state index contributed by atoms with van der Waals surface area (Å²) in [6.07, 6.45) is 0.773. The van der Waals surface area contributed by atoms with E-state index < -0.39 is 24.0 Å². The number of morpholine rings is 1. The first kappa shape index (κ1) is 31.9. The monoisotopic (exact) mass is 617 g/mol. The molecule has 4 rings (SSSR count). The number of fused-ring (bicyclic) bond motifs is 1. The van der Waals surface area contributed by atoms with E-state index in [9.17, 15) is 13.2 Å². The second kappa shape index (κ2) is 13.5. The van der Waals surface area contributed by atoms with Crippen LogP contribution in [0.25, 0.3) is 10.9 Å². The number of nitrogens with zero attached hydrogens (tertiary/aromatic N) is 5. The molecule has 1 aliphatic rings. The van der Waals surface area contributed by atoms with Gasteiger partial charge in [-0.05, 0) is 24.6 Å². The molecule has 12 nitrogen and oxygen atoms in total. The minimum absolute atomic E-state index is 0.000406. The Morgan fingerprint density at radius 2 is 1.86 bits per heavy atom. The van der Waals surface area contributed by atoms with Crippen molar-refractivity contribution in [2.24, 2.45) is 5.73 Å². The van der Waals surface area contributed by atoms with Crippen LogP contribution >= 0.6 is 0 Å². The number of nitrogen functional groups attached to an aromatic ring is 1. The summed E-state index contributed by atoms with van der Waals surface area (Å²) in [5, 5.41) is 4.67. The van der Waals surface area contributed by atoms with E-state index in [4.69, 9.17) is 20.9 Å². The summed E-state index contributed by atoms with van der Waals surface area (Å²) >= 11 is 0. The number of hydrogen-bond donors (Lipinski definition) is 2. The van der Waals surface area contributed by atoms with Crippen molar-refractivity contribution in [3.8, 4) is 0 Å². The Morgan fingerprint density at radius 1 is 1.17 bits per heavy atom. The van der Waals surface area contributed by atoms with Gasteiger partial charge in [0.15, 0.2) is 5.69 Å². The Bertz CT molecular complexity index is 1490. The number of benzene rings is 1. The molecule has 0 atom stereocenters.